The van der Waals surface area contributed by atoms with Gasteiger partial charge in [0.25, 0.3) is 0 Å². The Morgan fingerprint density at radius 2 is 1.94 bits per heavy atom. The Labute approximate surface area is 197 Å². The molecule has 32 heavy (non-hydrogen) atoms. The van der Waals surface area contributed by atoms with E-state index in [2.05, 4.69) is 60.0 Å². The molecule has 0 unspecified atom stereocenters. The van der Waals surface area contributed by atoms with Gasteiger partial charge in [0.15, 0.2) is 0 Å². The molecule has 2 aromatic carbocycles. The minimum Gasteiger partial charge on any atom is -0.496 e. The first-order valence-corrected chi connectivity index (χ1v) is 11.6. The average molecular weight is 456 g/mol. The molecular weight excluding hydrogens is 422 g/mol. The maximum absolute atomic E-state index is 12.5. The lowest BCUT2D eigenvalue weighted by molar-refractivity contribution is -0.119. The number of carbonyl (C=O) groups excluding carboxylic acids is 1. The predicted molar refractivity (Wildman–Crippen MR) is 131 cm³/mol. The van der Waals surface area contributed by atoms with E-state index in [9.17, 15) is 4.79 Å². The number of piperidine rings is 1. The van der Waals surface area contributed by atoms with Crippen LogP contribution in [0.25, 0.3) is 0 Å². The van der Waals surface area contributed by atoms with Crippen LogP contribution in [0.15, 0.2) is 42.5 Å². The highest BCUT2D eigenvalue weighted by molar-refractivity contribution is 6.01. The minimum atomic E-state index is 0. The summed E-state index contributed by atoms with van der Waals surface area (Å²) in [7, 11) is 3.65. The fourth-order valence-electron chi connectivity index (χ4n) is 5.49. The molecule has 1 saturated carbocycles. The molecule has 5 atom stereocenters. The van der Waals surface area contributed by atoms with Crippen molar-refractivity contribution < 1.29 is 9.53 Å². The van der Waals surface area contributed by atoms with Crippen molar-refractivity contribution >= 4 is 24.0 Å². The highest BCUT2D eigenvalue weighted by atomic mass is 35.5. The normalized spacial score (nSPS) is 28.4. The van der Waals surface area contributed by atoms with Crippen LogP contribution in [0, 0.1) is 5.92 Å². The van der Waals surface area contributed by atoms with E-state index in [1.807, 2.05) is 11.9 Å². The van der Waals surface area contributed by atoms with Gasteiger partial charge in [0.05, 0.1) is 7.11 Å². The summed E-state index contributed by atoms with van der Waals surface area (Å²) in [6.07, 6.45) is 4.44. The second-order valence-electron chi connectivity index (χ2n) is 9.29. The van der Waals surface area contributed by atoms with Crippen molar-refractivity contribution in [1.29, 1.82) is 0 Å². The SMILES string of the molecule is CC[C@@H]1CC[C@@H](NCc2cc3c(cc2OC)[C@H]2C[C@H]2C(=O)N3C)[C@@H](c2ccccc2)N1.Cl. The van der Waals surface area contributed by atoms with Crippen LogP contribution in [-0.2, 0) is 11.3 Å². The number of nitrogens with zero attached hydrogens (tertiary/aromatic N) is 1. The molecule has 2 heterocycles. The molecule has 0 radical (unpaired) electrons. The number of nitrogens with one attached hydrogen (secondary N) is 2. The van der Waals surface area contributed by atoms with Gasteiger partial charge in [0, 0.05) is 48.9 Å². The van der Waals surface area contributed by atoms with Crippen LogP contribution in [0.1, 0.15) is 61.3 Å². The number of methoxy groups -OCH3 is 1. The fourth-order valence-corrected chi connectivity index (χ4v) is 5.49. The highest BCUT2D eigenvalue weighted by Crippen LogP contribution is 2.56. The van der Waals surface area contributed by atoms with Gasteiger partial charge in [-0.05, 0) is 54.9 Å². The van der Waals surface area contributed by atoms with Crippen LogP contribution in [-0.4, -0.2) is 32.1 Å². The Balaban J connectivity index is 0.00000245. The number of benzene rings is 2. The highest BCUT2D eigenvalue weighted by Gasteiger charge is 2.50. The molecule has 2 N–H and O–H groups in total. The quantitative estimate of drug-likeness (QED) is 0.670. The van der Waals surface area contributed by atoms with Gasteiger partial charge in [-0.2, -0.15) is 0 Å². The van der Waals surface area contributed by atoms with Crippen LogP contribution in [0.2, 0.25) is 0 Å². The average Bonchev–Trinajstić information content (AvgIpc) is 3.62. The number of hydrogen-bond acceptors (Lipinski definition) is 4. The van der Waals surface area contributed by atoms with Crippen LogP contribution < -0.4 is 20.3 Å². The van der Waals surface area contributed by atoms with Crippen molar-refractivity contribution in [3.8, 4) is 5.75 Å². The van der Waals surface area contributed by atoms with Crippen molar-refractivity contribution in [2.45, 2.75) is 63.2 Å². The first kappa shape index (κ1) is 23.1. The first-order chi connectivity index (χ1) is 15.1. The van der Waals surface area contributed by atoms with Gasteiger partial charge >= 0.3 is 0 Å². The number of fused-ring (bicyclic) bond motifs is 3. The van der Waals surface area contributed by atoms with E-state index in [1.165, 1.54) is 17.5 Å². The Hall–Kier alpha value is -2.08. The predicted octanol–water partition coefficient (Wildman–Crippen LogP) is 4.56. The van der Waals surface area contributed by atoms with Crippen LogP contribution in [0.3, 0.4) is 0 Å². The molecule has 2 aromatic rings. The second kappa shape index (κ2) is 9.42. The zero-order chi connectivity index (χ0) is 21.5. The molecule has 0 bridgehead atoms. The maximum atomic E-state index is 12.5. The van der Waals surface area contributed by atoms with E-state index in [1.54, 1.807) is 7.11 Å². The van der Waals surface area contributed by atoms with Gasteiger partial charge in [-0.3, -0.25) is 4.79 Å². The summed E-state index contributed by atoms with van der Waals surface area (Å²) in [5.74, 6) is 1.74. The Morgan fingerprint density at radius 3 is 2.66 bits per heavy atom. The van der Waals surface area contributed by atoms with Crippen LogP contribution in [0.4, 0.5) is 5.69 Å². The molecule has 3 aliphatic rings. The monoisotopic (exact) mass is 455 g/mol. The summed E-state index contributed by atoms with van der Waals surface area (Å²) in [4.78, 5) is 14.4. The van der Waals surface area contributed by atoms with Crippen LogP contribution in [0.5, 0.6) is 5.75 Å². The topological polar surface area (TPSA) is 53.6 Å². The van der Waals surface area contributed by atoms with Crippen molar-refractivity contribution in [2.75, 3.05) is 19.1 Å². The van der Waals surface area contributed by atoms with Crippen LogP contribution >= 0.6 is 12.4 Å². The molecule has 172 valence electrons. The number of anilines is 1. The number of ether oxygens (including phenoxy) is 1. The molecule has 1 amide bonds. The van der Waals surface area contributed by atoms with Gasteiger partial charge in [-0.15, -0.1) is 12.4 Å². The van der Waals surface area contributed by atoms with E-state index in [-0.39, 0.29) is 24.2 Å². The molecule has 5 rings (SSSR count). The van der Waals surface area contributed by atoms with Gasteiger partial charge in [-0.1, -0.05) is 37.3 Å². The van der Waals surface area contributed by atoms with Crippen molar-refractivity contribution in [2.24, 2.45) is 5.92 Å². The van der Waals surface area contributed by atoms with Crippen molar-refractivity contribution in [1.82, 2.24) is 10.6 Å². The zero-order valence-corrected chi connectivity index (χ0v) is 20.0. The Kier molecular flexibility index (Phi) is 6.80. The molecule has 5 nitrogen and oxygen atoms in total. The molecule has 1 saturated heterocycles. The fraction of sp³-hybridized carbons (Fsp3) is 0.500. The molecule has 1 aliphatic carbocycles. The standard InChI is InChI=1S/C26H33N3O2.ClH/c1-4-18-10-11-22(25(28-18)16-8-6-5-7-9-16)27-15-17-12-23-20(14-24(17)31-3)19-13-21(19)26(30)29(23)2;/h5-9,12,14,18-19,21-22,25,27-28H,4,10-11,13,15H2,1-3H3;1H/t18-,19-,21-,22-,25-;/m1./s1. The molecular formula is C26H34ClN3O2. The largest absolute Gasteiger partial charge is 0.496 e. The number of amides is 1. The van der Waals surface area contributed by atoms with Crippen molar-refractivity contribution in [3.63, 3.8) is 0 Å². The zero-order valence-electron chi connectivity index (χ0n) is 19.1. The number of hydrogen-bond donors (Lipinski definition) is 2. The number of halogens is 1. The number of carbonyl (C=O) groups is 1. The van der Waals surface area contributed by atoms with Gasteiger partial charge in [0.1, 0.15) is 5.75 Å². The van der Waals surface area contributed by atoms with Crippen molar-refractivity contribution in [3.05, 3.63) is 59.2 Å². The molecule has 6 heteroatoms. The summed E-state index contributed by atoms with van der Waals surface area (Å²) in [5.41, 5.74) is 4.76. The third kappa shape index (κ3) is 4.14. The summed E-state index contributed by atoms with van der Waals surface area (Å²) in [6.45, 7) is 2.98. The number of rotatable bonds is 6. The minimum absolute atomic E-state index is 0. The van der Waals surface area contributed by atoms with E-state index in [0.29, 0.717) is 24.0 Å². The lowest BCUT2D eigenvalue weighted by Gasteiger charge is -2.38. The maximum Gasteiger partial charge on any atom is 0.230 e. The molecule has 2 aliphatic heterocycles. The van der Waals surface area contributed by atoms with E-state index < -0.39 is 0 Å². The second-order valence-corrected chi connectivity index (χ2v) is 9.29. The molecule has 2 fully saturated rings. The summed E-state index contributed by atoms with van der Waals surface area (Å²) in [5, 5.41) is 7.68. The van der Waals surface area contributed by atoms with Gasteiger partial charge < -0.3 is 20.3 Å². The first-order valence-electron chi connectivity index (χ1n) is 11.6. The smallest absolute Gasteiger partial charge is 0.230 e. The summed E-state index contributed by atoms with van der Waals surface area (Å²) < 4.78 is 5.77. The van der Waals surface area contributed by atoms with E-state index in [4.69, 9.17) is 4.74 Å². The lowest BCUT2D eigenvalue weighted by atomic mass is 9.88. The van der Waals surface area contributed by atoms with E-state index in [0.717, 1.165) is 42.8 Å². The lowest BCUT2D eigenvalue weighted by Crippen LogP contribution is -2.49. The third-order valence-corrected chi connectivity index (χ3v) is 7.48. The Morgan fingerprint density at radius 1 is 1.16 bits per heavy atom. The van der Waals surface area contributed by atoms with Gasteiger partial charge in [-0.25, -0.2) is 0 Å². The summed E-state index contributed by atoms with van der Waals surface area (Å²) in [6, 6.07) is 16.3. The summed E-state index contributed by atoms with van der Waals surface area (Å²) >= 11 is 0. The van der Waals surface area contributed by atoms with E-state index >= 15 is 0 Å². The third-order valence-electron chi connectivity index (χ3n) is 7.48. The molecule has 0 aromatic heterocycles. The van der Waals surface area contributed by atoms with Gasteiger partial charge in [0.2, 0.25) is 5.91 Å². The molecule has 0 spiro atoms. The Bertz CT molecular complexity index is 967.